The standard InChI is InChI=1S/C48H81N2O12PS/c1-5-7-9-10-11-12-13-14-15-16-20-24-30-45(42(51)27-26-31-46(52)53)64-37-41(50)48(55)61-40(36-60-63(56,57)59-34-33-49)35-58-47(54)32-25-21-18-17-19-23-29-44-39(4)38(3)43(62-44)28-22-8-6-2/h11-12,14-16,20,24,30,40-42,45,51H,5-10,13,17-19,21-23,25-29,31-37,49-50H2,1-4H3,(H,52,53)(H,56,57)/b12-11-,15-14-,20-16+,30-24+/t40-,41+,42+,45-/m1/s1. The molecular formula is C48H81N2O12PS. The number of unbranched alkanes of at least 4 members (excludes halogenated alkanes) is 10. The minimum Gasteiger partial charge on any atom is -0.481 e. The van der Waals surface area contributed by atoms with E-state index in [1.165, 1.54) is 55.0 Å². The SMILES string of the molecule is CCCCC/C=C\C\C=C/C=C/C=C/[C@@H](SC[C@H](N)C(=O)O[C@H](COC(=O)CCCCCCCCc1oc(CCCCC)c(C)c1C)COP(=O)(O)OCCN)[C@@H](O)CCCC(=O)O. The number of carbonyl (C=O) groups is 3. The van der Waals surface area contributed by atoms with Gasteiger partial charge in [0.05, 0.1) is 19.3 Å². The highest BCUT2D eigenvalue weighted by molar-refractivity contribution is 8.00. The Hall–Kier alpha value is -3.01. The highest BCUT2D eigenvalue weighted by Gasteiger charge is 2.28. The van der Waals surface area contributed by atoms with Crippen molar-refractivity contribution in [2.24, 2.45) is 11.5 Å². The minimum absolute atomic E-state index is 0.00568. The Morgan fingerprint density at radius 2 is 1.44 bits per heavy atom. The number of carboxylic acids is 1. The van der Waals surface area contributed by atoms with E-state index in [0.29, 0.717) is 6.42 Å². The van der Waals surface area contributed by atoms with E-state index in [4.69, 9.17) is 39.5 Å². The number of nitrogens with two attached hydrogens (primary N) is 2. The smallest absolute Gasteiger partial charge is 0.472 e. The largest absolute Gasteiger partial charge is 0.481 e. The number of aryl methyl sites for hydroxylation is 2. The molecule has 0 aliphatic heterocycles. The van der Waals surface area contributed by atoms with E-state index in [9.17, 15) is 28.9 Å². The predicted molar refractivity (Wildman–Crippen MR) is 256 cm³/mol. The number of rotatable bonds is 40. The van der Waals surface area contributed by atoms with Gasteiger partial charge in [0, 0.05) is 43.2 Å². The van der Waals surface area contributed by atoms with Crippen molar-refractivity contribution in [3.8, 4) is 0 Å². The fraction of sp³-hybridized carbons (Fsp3) is 0.688. The third kappa shape index (κ3) is 29.5. The van der Waals surface area contributed by atoms with Crippen molar-refractivity contribution in [3.63, 3.8) is 0 Å². The lowest BCUT2D eigenvalue weighted by Crippen LogP contribution is -2.40. The Bertz CT molecular complexity index is 1600. The van der Waals surface area contributed by atoms with Gasteiger partial charge < -0.3 is 40.5 Å². The number of esters is 2. The maximum Gasteiger partial charge on any atom is 0.472 e. The van der Waals surface area contributed by atoms with Gasteiger partial charge in [-0.2, -0.15) is 0 Å². The molecule has 0 bridgehead atoms. The van der Waals surface area contributed by atoms with Crippen molar-refractivity contribution in [1.82, 2.24) is 0 Å². The number of thioether (sulfide) groups is 1. The first kappa shape index (κ1) is 59.0. The van der Waals surface area contributed by atoms with Gasteiger partial charge in [0.15, 0.2) is 6.10 Å². The fourth-order valence-corrected chi connectivity index (χ4v) is 8.36. The molecule has 1 aromatic rings. The summed E-state index contributed by atoms with van der Waals surface area (Å²) in [4.78, 5) is 46.9. The van der Waals surface area contributed by atoms with Crippen LogP contribution in [0.15, 0.2) is 53.0 Å². The average Bonchev–Trinajstić information content (AvgIpc) is 3.53. The molecule has 0 aliphatic rings. The molecule has 0 amide bonds. The number of allylic oxidation sites excluding steroid dienone is 7. The molecule has 0 saturated carbocycles. The summed E-state index contributed by atoms with van der Waals surface area (Å²) < 4.78 is 39.2. The molecule has 64 heavy (non-hydrogen) atoms. The number of aliphatic carboxylic acids is 1. The van der Waals surface area contributed by atoms with Crippen LogP contribution in [0.25, 0.3) is 0 Å². The van der Waals surface area contributed by atoms with Gasteiger partial charge in [0.25, 0.3) is 0 Å². The number of phosphoric acid groups is 1. The molecule has 1 aromatic heterocycles. The predicted octanol–water partition coefficient (Wildman–Crippen LogP) is 9.69. The molecule has 14 nitrogen and oxygen atoms in total. The molecule has 0 spiro atoms. The topological polar surface area (TPSA) is 231 Å². The molecule has 0 radical (unpaired) electrons. The number of phosphoric ester groups is 1. The first-order chi connectivity index (χ1) is 30.7. The van der Waals surface area contributed by atoms with Gasteiger partial charge in [-0.15, -0.1) is 11.8 Å². The summed E-state index contributed by atoms with van der Waals surface area (Å²) in [7, 11) is -4.56. The summed E-state index contributed by atoms with van der Waals surface area (Å²) in [5.41, 5.74) is 14.1. The highest BCUT2D eigenvalue weighted by atomic mass is 32.2. The lowest BCUT2D eigenvalue weighted by atomic mass is 10.0. The van der Waals surface area contributed by atoms with Crippen molar-refractivity contribution in [2.45, 2.75) is 180 Å². The van der Waals surface area contributed by atoms with Crippen LogP contribution in [-0.2, 0) is 50.3 Å². The summed E-state index contributed by atoms with van der Waals surface area (Å²) in [6.45, 7) is 7.31. The number of ether oxygens (including phenoxy) is 2. The van der Waals surface area contributed by atoms with Crippen LogP contribution < -0.4 is 11.5 Å². The van der Waals surface area contributed by atoms with Crippen LogP contribution in [0.1, 0.15) is 152 Å². The van der Waals surface area contributed by atoms with Crippen molar-refractivity contribution in [3.05, 3.63) is 71.3 Å². The lowest BCUT2D eigenvalue weighted by Gasteiger charge is -2.23. The van der Waals surface area contributed by atoms with E-state index in [2.05, 4.69) is 39.8 Å². The number of carboxylic acid groups (broad SMARTS) is 1. The van der Waals surface area contributed by atoms with Gasteiger partial charge in [-0.3, -0.25) is 23.4 Å². The molecular weight excluding hydrogens is 860 g/mol. The second-order valence-corrected chi connectivity index (χ2v) is 18.7. The van der Waals surface area contributed by atoms with Crippen LogP contribution in [0.3, 0.4) is 0 Å². The summed E-state index contributed by atoms with van der Waals surface area (Å²) >= 11 is 1.19. The van der Waals surface area contributed by atoms with E-state index >= 15 is 0 Å². The van der Waals surface area contributed by atoms with Gasteiger partial charge in [-0.05, 0) is 76.3 Å². The van der Waals surface area contributed by atoms with Gasteiger partial charge in [-0.25, -0.2) is 4.57 Å². The van der Waals surface area contributed by atoms with Crippen LogP contribution in [0, 0.1) is 13.8 Å². The molecule has 1 unspecified atom stereocenters. The lowest BCUT2D eigenvalue weighted by molar-refractivity contribution is -0.161. The molecule has 366 valence electrons. The van der Waals surface area contributed by atoms with Gasteiger partial charge in [-0.1, -0.05) is 114 Å². The Kier molecular flexibility index (Phi) is 34.2. The molecule has 0 fully saturated rings. The quantitative estimate of drug-likeness (QED) is 0.0136. The zero-order valence-corrected chi connectivity index (χ0v) is 40.8. The molecule has 0 aliphatic carbocycles. The van der Waals surface area contributed by atoms with Gasteiger partial charge >= 0.3 is 25.7 Å². The number of hydrogen-bond acceptors (Lipinski definition) is 13. The number of aliphatic hydroxyl groups is 1. The Balaban J connectivity index is 2.71. The Morgan fingerprint density at radius 1 is 0.797 bits per heavy atom. The monoisotopic (exact) mass is 941 g/mol. The van der Waals surface area contributed by atoms with E-state index in [0.717, 1.165) is 75.7 Å². The minimum atomic E-state index is -4.56. The zero-order chi connectivity index (χ0) is 47.4. The van der Waals surface area contributed by atoms with Crippen molar-refractivity contribution >= 4 is 37.5 Å². The Morgan fingerprint density at radius 3 is 2.11 bits per heavy atom. The van der Waals surface area contributed by atoms with E-state index in [-0.39, 0.29) is 44.6 Å². The second-order valence-electron chi connectivity index (χ2n) is 16.1. The van der Waals surface area contributed by atoms with Crippen LogP contribution >= 0.6 is 19.6 Å². The molecule has 1 rings (SSSR count). The average molecular weight is 941 g/mol. The van der Waals surface area contributed by atoms with E-state index < -0.39 is 62.4 Å². The number of carbonyl (C=O) groups excluding carboxylic acids is 2. The van der Waals surface area contributed by atoms with Crippen molar-refractivity contribution in [2.75, 3.05) is 32.1 Å². The van der Waals surface area contributed by atoms with Gasteiger partial charge in [0.2, 0.25) is 0 Å². The molecule has 7 N–H and O–H groups in total. The van der Waals surface area contributed by atoms with E-state index in [1.807, 2.05) is 24.3 Å². The maximum atomic E-state index is 13.2. The van der Waals surface area contributed by atoms with Crippen LogP contribution in [0.4, 0.5) is 0 Å². The first-order valence-electron chi connectivity index (χ1n) is 23.4. The summed E-state index contributed by atoms with van der Waals surface area (Å²) in [5, 5.41) is 19.5. The third-order valence-electron chi connectivity index (χ3n) is 10.4. The van der Waals surface area contributed by atoms with E-state index in [1.54, 1.807) is 12.2 Å². The molecule has 0 saturated heterocycles. The molecule has 0 aromatic carbocycles. The van der Waals surface area contributed by atoms with Gasteiger partial charge in [0.1, 0.15) is 24.2 Å². The van der Waals surface area contributed by atoms with Crippen molar-refractivity contribution in [1.29, 1.82) is 0 Å². The van der Waals surface area contributed by atoms with Crippen molar-refractivity contribution < 1.29 is 57.0 Å². The molecule has 5 atom stereocenters. The summed E-state index contributed by atoms with van der Waals surface area (Å²) in [6, 6.07) is -1.20. The molecule has 1 heterocycles. The summed E-state index contributed by atoms with van der Waals surface area (Å²) in [6.07, 6.45) is 30.3. The first-order valence-corrected chi connectivity index (χ1v) is 26.0. The Labute approximate surface area is 387 Å². The number of hydrogen-bond donors (Lipinski definition) is 5. The zero-order valence-electron chi connectivity index (χ0n) is 39.1. The normalized spacial score (nSPS) is 15.0. The number of aliphatic hydroxyl groups excluding tert-OH is 1. The van der Waals surface area contributed by atoms with Crippen LogP contribution in [0.5, 0.6) is 0 Å². The third-order valence-corrected chi connectivity index (χ3v) is 12.8. The molecule has 16 heteroatoms. The second kappa shape index (κ2) is 37.1. The number of furan rings is 1. The van der Waals surface area contributed by atoms with Crippen LogP contribution in [0.2, 0.25) is 0 Å². The highest BCUT2D eigenvalue weighted by Crippen LogP contribution is 2.43. The maximum absolute atomic E-state index is 13.2. The fourth-order valence-electron chi connectivity index (χ4n) is 6.47. The summed E-state index contributed by atoms with van der Waals surface area (Å²) in [5.74, 6) is -0.146. The van der Waals surface area contributed by atoms with Crippen LogP contribution in [-0.4, -0.2) is 88.6 Å².